The van der Waals surface area contributed by atoms with Crippen LogP contribution in [0.25, 0.3) is 0 Å². The summed E-state index contributed by atoms with van der Waals surface area (Å²) in [5.41, 5.74) is 7.23. The SMILES string of the molecule is Cc1nc(N)nc2c1CC[C@H](O)S2. The Kier molecular flexibility index (Phi) is 2.13. The van der Waals surface area contributed by atoms with E-state index in [1.54, 1.807) is 0 Å². The fraction of sp³-hybridized carbons (Fsp3) is 0.500. The summed E-state index contributed by atoms with van der Waals surface area (Å²) in [4.78, 5) is 8.18. The maximum Gasteiger partial charge on any atom is 0.221 e. The van der Waals surface area contributed by atoms with Gasteiger partial charge in [0.15, 0.2) is 0 Å². The first-order valence-corrected chi connectivity index (χ1v) is 5.02. The molecule has 0 amide bonds. The lowest BCUT2D eigenvalue weighted by atomic mass is 10.1. The molecule has 13 heavy (non-hydrogen) atoms. The Bertz CT molecular complexity index is 342. The molecule has 4 nitrogen and oxygen atoms in total. The average molecular weight is 197 g/mol. The minimum atomic E-state index is -0.346. The number of anilines is 1. The second kappa shape index (κ2) is 3.16. The number of nitrogens with two attached hydrogens (primary N) is 1. The highest BCUT2D eigenvalue weighted by Crippen LogP contribution is 2.33. The minimum absolute atomic E-state index is 0.290. The molecule has 0 unspecified atom stereocenters. The zero-order valence-corrected chi connectivity index (χ0v) is 8.14. The maximum atomic E-state index is 9.40. The molecule has 0 fully saturated rings. The van der Waals surface area contributed by atoms with E-state index < -0.39 is 0 Å². The lowest BCUT2D eigenvalue weighted by Gasteiger charge is -2.20. The summed E-state index contributed by atoms with van der Waals surface area (Å²) in [6.45, 7) is 1.93. The number of nitrogens with zero attached hydrogens (tertiary/aromatic N) is 2. The monoisotopic (exact) mass is 197 g/mol. The number of hydrogen-bond acceptors (Lipinski definition) is 5. The Morgan fingerprint density at radius 3 is 3.08 bits per heavy atom. The van der Waals surface area contributed by atoms with Crippen LogP contribution in [0, 0.1) is 6.92 Å². The van der Waals surface area contributed by atoms with Gasteiger partial charge in [0.2, 0.25) is 5.95 Å². The van der Waals surface area contributed by atoms with Gasteiger partial charge in [0.05, 0.1) is 0 Å². The smallest absolute Gasteiger partial charge is 0.221 e. The first kappa shape index (κ1) is 8.77. The third-order valence-electron chi connectivity index (χ3n) is 2.08. The second-order valence-electron chi connectivity index (χ2n) is 3.06. The lowest BCUT2D eigenvalue weighted by Crippen LogP contribution is -2.14. The van der Waals surface area contributed by atoms with Crippen LogP contribution in [0.15, 0.2) is 5.03 Å². The molecular weight excluding hydrogens is 186 g/mol. The van der Waals surface area contributed by atoms with Crippen molar-refractivity contribution in [1.29, 1.82) is 0 Å². The molecule has 0 bridgehead atoms. The largest absolute Gasteiger partial charge is 0.382 e. The molecule has 0 saturated heterocycles. The molecule has 1 aliphatic heterocycles. The van der Waals surface area contributed by atoms with Crippen molar-refractivity contribution in [2.75, 3.05) is 5.73 Å². The average Bonchev–Trinajstić information content (AvgIpc) is 2.02. The zero-order valence-electron chi connectivity index (χ0n) is 7.32. The van der Waals surface area contributed by atoms with E-state index in [1.807, 2.05) is 6.92 Å². The fourth-order valence-corrected chi connectivity index (χ4v) is 2.46. The van der Waals surface area contributed by atoms with Crippen LogP contribution in [0.1, 0.15) is 17.7 Å². The molecule has 1 aromatic rings. The van der Waals surface area contributed by atoms with Crippen LogP contribution in [-0.2, 0) is 6.42 Å². The van der Waals surface area contributed by atoms with Gasteiger partial charge in [0.25, 0.3) is 0 Å². The predicted octanol–water partition coefficient (Wildman–Crippen LogP) is 0.724. The highest BCUT2D eigenvalue weighted by Gasteiger charge is 2.20. The number of nitrogen functional groups attached to an aromatic ring is 1. The van der Waals surface area contributed by atoms with E-state index in [-0.39, 0.29) is 11.4 Å². The highest BCUT2D eigenvalue weighted by molar-refractivity contribution is 7.99. The number of hydrogen-bond donors (Lipinski definition) is 2. The number of aromatic nitrogens is 2. The Labute approximate surface area is 80.6 Å². The molecule has 1 aliphatic rings. The molecule has 0 radical (unpaired) electrons. The number of rotatable bonds is 0. The second-order valence-corrected chi connectivity index (χ2v) is 4.23. The van der Waals surface area contributed by atoms with E-state index in [9.17, 15) is 5.11 Å². The fourth-order valence-electron chi connectivity index (χ4n) is 1.43. The third kappa shape index (κ3) is 1.62. The van der Waals surface area contributed by atoms with Gasteiger partial charge in [0.1, 0.15) is 10.5 Å². The molecule has 5 heteroatoms. The summed E-state index contributed by atoms with van der Waals surface area (Å²) in [5.74, 6) is 0.290. The first-order valence-electron chi connectivity index (χ1n) is 4.14. The van der Waals surface area contributed by atoms with E-state index >= 15 is 0 Å². The van der Waals surface area contributed by atoms with Gasteiger partial charge in [-0.1, -0.05) is 11.8 Å². The molecule has 0 aromatic carbocycles. The Hall–Kier alpha value is -0.810. The first-order chi connectivity index (χ1) is 6.16. The van der Waals surface area contributed by atoms with Gasteiger partial charge in [-0.3, -0.25) is 0 Å². The maximum absolute atomic E-state index is 9.40. The van der Waals surface area contributed by atoms with Crippen molar-refractivity contribution in [3.05, 3.63) is 11.3 Å². The van der Waals surface area contributed by atoms with Gasteiger partial charge in [-0.05, 0) is 19.8 Å². The van der Waals surface area contributed by atoms with Crippen LogP contribution in [0.3, 0.4) is 0 Å². The van der Waals surface area contributed by atoms with Crippen molar-refractivity contribution in [1.82, 2.24) is 9.97 Å². The zero-order chi connectivity index (χ0) is 9.42. The lowest BCUT2D eigenvalue weighted by molar-refractivity contribution is 0.249. The van der Waals surface area contributed by atoms with Crippen molar-refractivity contribution in [3.8, 4) is 0 Å². The Balaban J connectivity index is 2.47. The quantitative estimate of drug-likeness (QED) is 0.600. The van der Waals surface area contributed by atoms with E-state index in [1.165, 1.54) is 11.8 Å². The van der Waals surface area contributed by atoms with Gasteiger partial charge in [-0.15, -0.1) is 0 Å². The number of aryl methyl sites for hydroxylation is 1. The van der Waals surface area contributed by atoms with Crippen LogP contribution in [0.5, 0.6) is 0 Å². The van der Waals surface area contributed by atoms with Gasteiger partial charge >= 0.3 is 0 Å². The molecule has 1 atom stereocenters. The van der Waals surface area contributed by atoms with Crippen molar-refractivity contribution in [3.63, 3.8) is 0 Å². The van der Waals surface area contributed by atoms with Crippen molar-refractivity contribution in [2.45, 2.75) is 30.2 Å². The number of fused-ring (bicyclic) bond motifs is 1. The summed E-state index contributed by atoms with van der Waals surface area (Å²) >= 11 is 1.36. The highest BCUT2D eigenvalue weighted by atomic mass is 32.2. The molecule has 3 N–H and O–H groups in total. The molecule has 0 aliphatic carbocycles. The van der Waals surface area contributed by atoms with Crippen molar-refractivity contribution < 1.29 is 5.11 Å². The van der Waals surface area contributed by atoms with E-state index in [2.05, 4.69) is 9.97 Å². The number of aliphatic hydroxyl groups excluding tert-OH is 1. The molecular formula is C8H11N3OS. The van der Waals surface area contributed by atoms with Gasteiger partial charge in [0, 0.05) is 11.3 Å². The summed E-state index contributed by atoms with van der Waals surface area (Å²) < 4.78 is 0. The molecule has 70 valence electrons. The molecule has 0 saturated carbocycles. The molecule has 1 aromatic heterocycles. The van der Waals surface area contributed by atoms with Crippen LogP contribution < -0.4 is 5.73 Å². The molecule has 2 heterocycles. The summed E-state index contributed by atoms with van der Waals surface area (Å²) in [6.07, 6.45) is 1.61. The number of aliphatic hydroxyl groups is 1. The Morgan fingerprint density at radius 2 is 2.31 bits per heavy atom. The summed E-state index contributed by atoms with van der Waals surface area (Å²) in [5, 5.41) is 10.2. The standard InChI is InChI=1S/C8H11N3OS/c1-4-5-2-3-6(12)13-7(5)11-8(9)10-4/h6,12H,2-3H2,1H3,(H2,9,10,11)/t6-/m1/s1. The van der Waals surface area contributed by atoms with Gasteiger partial charge < -0.3 is 10.8 Å². The minimum Gasteiger partial charge on any atom is -0.382 e. The van der Waals surface area contributed by atoms with Crippen LogP contribution in [-0.4, -0.2) is 20.5 Å². The van der Waals surface area contributed by atoms with E-state index in [4.69, 9.17) is 5.73 Å². The van der Waals surface area contributed by atoms with E-state index in [0.717, 1.165) is 29.1 Å². The van der Waals surface area contributed by atoms with E-state index in [0.29, 0.717) is 0 Å². The normalized spacial score (nSPS) is 21.2. The van der Waals surface area contributed by atoms with Gasteiger partial charge in [-0.25, -0.2) is 9.97 Å². The molecule has 2 rings (SSSR count). The van der Waals surface area contributed by atoms with Crippen molar-refractivity contribution in [2.24, 2.45) is 0 Å². The third-order valence-corrected chi connectivity index (χ3v) is 3.15. The van der Waals surface area contributed by atoms with Gasteiger partial charge in [-0.2, -0.15) is 0 Å². The topological polar surface area (TPSA) is 72.0 Å². The van der Waals surface area contributed by atoms with Crippen LogP contribution in [0.2, 0.25) is 0 Å². The summed E-state index contributed by atoms with van der Waals surface area (Å²) in [7, 11) is 0. The number of thioether (sulfide) groups is 1. The van der Waals surface area contributed by atoms with Crippen LogP contribution in [0.4, 0.5) is 5.95 Å². The molecule has 0 spiro atoms. The van der Waals surface area contributed by atoms with Crippen molar-refractivity contribution >= 4 is 17.7 Å². The Morgan fingerprint density at radius 1 is 1.54 bits per heavy atom. The van der Waals surface area contributed by atoms with Crippen LogP contribution >= 0.6 is 11.8 Å². The summed E-state index contributed by atoms with van der Waals surface area (Å²) in [6, 6.07) is 0. The predicted molar refractivity (Wildman–Crippen MR) is 51.4 cm³/mol.